The van der Waals surface area contributed by atoms with Crippen molar-refractivity contribution in [1.29, 1.82) is 0 Å². The number of benzene rings is 2. The molecular formula is C20H18F2N2OS. The zero-order valence-electron chi connectivity index (χ0n) is 14.0. The normalized spacial score (nSPS) is 17.0. The quantitative estimate of drug-likeness (QED) is 0.735. The van der Waals surface area contributed by atoms with Gasteiger partial charge in [0.2, 0.25) is 0 Å². The summed E-state index contributed by atoms with van der Waals surface area (Å²) in [5.74, 6) is -0.295. The van der Waals surface area contributed by atoms with E-state index in [9.17, 15) is 13.6 Å². The van der Waals surface area contributed by atoms with Crippen molar-refractivity contribution >= 4 is 33.0 Å². The number of nitrogens with zero attached hydrogens (tertiary/aromatic N) is 1. The van der Waals surface area contributed by atoms with Gasteiger partial charge in [-0.1, -0.05) is 0 Å². The highest BCUT2D eigenvalue weighted by Crippen LogP contribution is 2.27. The molecule has 2 aromatic carbocycles. The molecular weight excluding hydrogens is 354 g/mol. The third-order valence-electron chi connectivity index (χ3n) is 4.73. The van der Waals surface area contributed by atoms with Crippen molar-refractivity contribution < 1.29 is 13.6 Å². The lowest BCUT2D eigenvalue weighted by Crippen LogP contribution is -2.30. The molecule has 1 aromatic heterocycles. The van der Waals surface area contributed by atoms with Crippen LogP contribution in [0.1, 0.15) is 16.1 Å². The van der Waals surface area contributed by atoms with Gasteiger partial charge in [-0.3, -0.25) is 4.79 Å². The second-order valence-electron chi connectivity index (χ2n) is 6.58. The number of fused-ring (bicyclic) bond motifs is 1. The van der Waals surface area contributed by atoms with Gasteiger partial charge in [0, 0.05) is 30.0 Å². The molecule has 0 bridgehead atoms. The number of amides is 1. The van der Waals surface area contributed by atoms with Crippen LogP contribution >= 0.6 is 11.3 Å². The number of hydrogen-bond acceptors (Lipinski definition) is 3. The lowest BCUT2D eigenvalue weighted by Gasteiger charge is -2.18. The van der Waals surface area contributed by atoms with Crippen molar-refractivity contribution in [1.82, 2.24) is 5.32 Å². The monoisotopic (exact) mass is 372 g/mol. The van der Waals surface area contributed by atoms with Gasteiger partial charge in [-0.25, -0.2) is 8.78 Å². The van der Waals surface area contributed by atoms with Gasteiger partial charge in [-0.15, -0.1) is 11.3 Å². The molecule has 0 radical (unpaired) electrons. The van der Waals surface area contributed by atoms with Crippen LogP contribution in [-0.2, 0) is 0 Å². The van der Waals surface area contributed by atoms with E-state index in [1.807, 2.05) is 0 Å². The molecule has 26 heavy (non-hydrogen) atoms. The topological polar surface area (TPSA) is 32.3 Å². The Labute approximate surface area is 154 Å². The molecule has 3 aromatic rings. The van der Waals surface area contributed by atoms with Gasteiger partial charge < -0.3 is 10.2 Å². The zero-order valence-corrected chi connectivity index (χ0v) is 14.9. The van der Waals surface area contributed by atoms with Crippen LogP contribution in [-0.4, -0.2) is 25.5 Å². The molecule has 1 aliphatic heterocycles. The first-order valence-corrected chi connectivity index (χ1v) is 9.38. The van der Waals surface area contributed by atoms with Crippen molar-refractivity contribution in [2.75, 3.05) is 24.5 Å². The fraction of sp³-hybridized carbons (Fsp3) is 0.250. The number of hydrogen-bond donors (Lipinski definition) is 1. The highest BCUT2D eigenvalue weighted by Gasteiger charge is 2.23. The molecule has 0 saturated carbocycles. The van der Waals surface area contributed by atoms with Crippen LogP contribution in [0.2, 0.25) is 0 Å². The molecule has 1 N–H and O–H groups in total. The first kappa shape index (κ1) is 17.0. The summed E-state index contributed by atoms with van der Waals surface area (Å²) in [6.07, 6.45) is 0.981. The van der Waals surface area contributed by atoms with Gasteiger partial charge in [-0.2, -0.15) is 0 Å². The van der Waals surface area contributed by atoms with Gasteiger partial charge in [-0.05, 0) is 66.3 Å². The fourth-order valence-electron chi connectivity index (χ4n) is 3.34. The molecule has 0 aliphatic carbocycles. The molecule has 0 unspecified atom stereocenters. The summed E-state index contributed by atoms with van der Waals surface area (Å²) in [5, 5.41) is 3.74. The minimum atomic E-state index is -0.297. The van der Waals surface area contributed by atoms with Crippen LogP contribution in [0.25, 0.3) is 10.1 Å². The van der Waals surface area contributed by atoms with Crippen LogP contribution < -0.4 is 10.2 Å². The molecule has 1 saturated heterocycles. The van der Waals surface area contributed by atoms with Crippen molar-refractivity contribution in [3.05, 3.63) is 65.0 Å². The van der Waals surface area contributed by atoms with E-state index < -0.39 is 0 Å². The second kappa shape index (κ2) is 7.03. The summed E-state index contributed by atoms with van der Waals surface area (Å²) in [4.78, 5) is 15.2. The Morgan fingerprint density at radius 1 is 1.12 bits per heavy atom. The SMILES string of the molecule is O=C(NC[C@H]1CCN(c2ccc(F)cc2)C1)c1cc2cc(F)ccc2s1. The molecule has 3 nitrogen and oxygen atoms in total. The predicted molar refractivity (Wildman–Crippen MR) is 101 cm³/mol. The van der Waals surface area contributed by atoms with Gasteiger partial charge in [0.05, 0.1) is 4.88 Å². The second-order valence-corrected chi connectivity index (χ2v) is 7.66. The Hall–Kier alpha value is -2.47. The lowest BCUT2D eigenvalue weighted by molar-refractivity contribution is 0.0952. The van der Waals surface area contributed by atoms with Crippen LogP contribution in [0.5, 0.6) is 0 Å². The molecule has 1 atom stereocenters. The summed E-state index contributed by atoms with van der Waals surface area (Å²) in [6.45, 7) is 2.33. The molecule has 0 spiro atoms. The van der Waals surface area contributed by atoms with Gasteiger partial charge in [0.1, 0.15) is 11.6 Å². The maximum Gasteiger partial charge on any atom is 0.261 e. The highest BCUT2D eigenvalue weighted by atomic mass is 32.1. The summed E-state index contributed by atoms with van der Waals surface area (Å²) in [7, 11) is 0. The van der Waals surface area contributed by atoms with Gasteiger partial charge in [0.25, 0.3) is 5.91 Å². The number of rotatable bonds is 4. The lowest BCUT2D eigenvalue weighted by atomic mass is 10.1. The van der Waals surface area contributed by atoms with Crippen molar-refractivity contribution in [3.8, 4) is 0 Å². The van der Waals surface area contributed by atoms with E-state index in [1.165, 1.54) is 35.6 Å². The summed E-state index contributed by atoms with van der Waals surface area (Å²) in [5.41, 5.74) is 1.01. The fourth-order valence-corrected chi connectivity index (χ4v) is 4.30. The summed E-state index contributed by atoms with van der Waals surface area (Å²) < 4.78 is 27.2. The Kier molecular flexibility index (Phi) is 4.59. The van der Waals surface area contributed by atoms with Crippen molar-refractivity contribution in [2.45, 2.75) is 6.42 Å². The van der Waals surface area contributed by atoms with Gasteiger partial charge in [0.15, 0.2) is 0 Å². The maximum atomic E-state index is 13.3. The molecule has 1 fully saturated rings. The summed E-state index contributed by atoms with van der Waals surface area (Å²) >= 11 is 1.37. The maximum absolute atomic E-state index is 13.3. The standard InChI is InChI=1S/C20H18F2N2OS/c21-15-1-4-17(5-2-15)24-8-7-13(12-24)11-23-20(25)19-10-14-9-16(22)3-6-18(14)26-19/h1-6,9-10,13H,7-8,11-12H2,(H,23,25)/t13-/m1/s1. The third kappa shape index (κ3) is 3.55. The molecule has 1 amide bonds. The van der Waals surface area contributed by atoms with Crippen molar-refractivity contribution in [3.63, 3.8) is 0 Å². The Morgan fingerprint density at radius 3 is 2.69 bits per heavy atom. The van der Waals surface area contributed by atoms with E-state index in [-0.39, 0.29) is 17.5 Å². The first-order valence-electron chi connectivity index (χ1n) is 8.56. The number of anilines is 1. The van der Waals surface area contributed by atoms with E-state index in [4.69, 9.17) is 0 Å². The first-order chi connectivity index (χ1) is 12.6. The van der Waals surface area contributed by atoms with E-state index in [2.05, 4.69) is 10.2 Å². The zero-order chi connectivity index (χ0) is 18.1. The number of nitrogens with one attached hydrogen (secondary N) is 1. The molecule has 6 heteroatoms. The number of carbonyl (C=O) groups is 1. The highest BCUT2D eigenvalue weighted by molar-refractivity contribution is 7.20. The number of thiophene rings is 1. The van der Waals surface area contributed by atoms with Crippen molar-refractivity contribution in [2.24, 2.45) is 5.92 Å². The Bertz CT molecular complexity index is 939. The van der Waals surface area contributed by atoms with E-state index >= 15 is 0 Å². The van der Waals surface area contributed by atoms with E-state index in [0.717, 1.165) is 35.3 Å². The Morgan fingerprint density at radius 2 is 1.88 bits per heavy atom. The number of carbonyl (C=O) groups excluding carboxylic acids is 1. The molecule has 1 aliphatic rings. The van der Waals surface area contributed by atoms with Crippen LogP contribution in [0.3, 0.4) is 0 Å². The molecule has 4 rings (SSSR count). The number of halogens is 2. The average Bonchev–Trinajstić information content (AvgIpc) is 3.27. The molecule has 134 valence electrons. The largest absolute Gasteiger partial charge is 0.371 e. The molecule has 2 heterocycles. The van der Waals surface area contributed by atoms with E-state index in [0.29, 0.717) is 17.3 Å². The smallest absolute Gasteiger partial charge is 0.261 e. The van der Waals surface area contributed by atoms with Crippen LogP contribution in [0.4, 0.5) is 14.5 Å². The summed E-state index contributed by atoms with van der Waals surface area (Å²) in [6, 6.07) is 12.8. The minimum absolute atomic E-state index is 0.119. The van der Waals surface area contributed by atoms with Crippen LogP contribution in [0.15, 0.2) is 48.5 Å². The predicted octanol–water partition coefficient (Wildman–Crippen LogP) is 4.44. The van der Waals surface area contributed by atoms with Gasteiger partial charge >= 0.3 is 0 Å². The average molecular weight is 372 g/mol. The van der Waals surface area contributed by atoms with E-state index in [1.54, 1.807) is 24.3 Å². The minimum Gasteiger partial charge on any atom is -0.371 e. The third-order valence-corrected chi connectivity index (χ3v) is 5.85. The Balaban J connectivity index is 1.35. The van der Waals surface area contributed by atoms with Crippen LogP contribution in [0, 0.1) is 17.6 Å².